The van der Waals surface area contributed by atoms with Crippen LogP contribution >= 0.6 is 0 Å². The zero-order valence-electron chi connectivity index (χ0n) is 50.4. The molecule has 0 spiro atoms. The summed E-state index contributed by atoms with van der Waals surface area (Å²) in [5, 5.41) is 11.3. The molecule has 0 amide bonds. The average molecular weight is 1300 g/mol. The molecule has 0 aliphatic heterocycles. The van der Waals surface area contributed by atoms with Gasteiger partial charge in [0.25, 0.3) is 0 Å². The Bertz CT molecular complexity index is 3420. The molecule has 0 atom stereocenters. The van der Waals surface area contributed by atoms with E-state index in [0.29, 0.717) is 0 Å². The molecule has 82 heavy (non-hydrogen) atoms. The van der Waals surface area contributed by atoms with E-state index in [1.807, 2.05) is 0 Å². The second-order valence-electron chi connectivity index (χ2n) is 22.3. The van der Waals surface area contributed by atoms with Crippen LogP contribution in [0, 0.1) is 55.4 Å². The smallest absolute Gasteiger partial charge is 0.0115 e. The minimum atomic E-state index is 0. The summed E-state index contributed by atoms with van der Waals surface area (Å²) < 4.78 is 0. The van der Waals surface area contributed by atoms with Gasteiger partial charge < -0.3 is 24.8 Å². The van der Waals surface area contributed by atoms with E-state index in [2.05, 4.69) is 300 Å². The van der Waals surface area contributed by atoms with Crippen molar-refractivity contribution in [3.05, 3.63) is 307 Å². The van der Waals surface area contributed by atoms with E-state index in [9.17, 15) is 0 Å². The third-order valence-electron chi connectivity index (χ3n) is 14.3. The number of aryl methyl sites for hydroxylation is 8. The molecule has 12 rings (SSSR count). The van der Waals surface area contributed by atoms with Gasteiger partial charge in [-0.25, -0.2) is 0 Å². The molecule has 416 valence electrons. The van der Waals surface area contributed by atoms with Crippen LogP contribution in [0.5, 0.6) is 0 Å². The van der Waals surface area contributed by atoms with Crippen molar-refractivity contribution in [2.24, 2.45) is 0 Å². The maximum absolute atomic E-state index is 2.31. The molecule has 0 heterocycles. The van der Waals surface area contributed by atoms with Gasteiger partial charge in [-0.1, -0.05) is 223 Å². The first-order valence-electron chi connectivity index (χ1n) is 28.2. The molecule has 0 nitrogen and oxygen atoms in total. The molecule has 0 unspecified atom stereocenters. The van der Waals surface area contributed by atoms with E-state index in [4.69, 9.17) is 0 Å². The Balaban J connectivity index is 0.000000190. The second-order valence-corrected chi connectivity index (χ2v) is 41.0. The van der Waals surface area contributed by atoms with Gasteiger partial charge in [0.2, 0.25) is 0 Å². The van der Waals surface area contributed by atoms with Crippen molar-refractivity contribution in [2.75, 3.05) is 0 Å². The number of fused-ring (bicyclic) bond motifs is 4. The monoisotopic (exact) mass is 1300 g/mol. The summed E-state index contributed by atoms with van der Waals surface area (Å²) in [6, 6.07) is 79.1. The maximum Gasteiger partial charge on any atom is -0.0115 e. The molecular weight excluding hydrogens is 1220 g/mol. The molecule has 12 aromatic rings. The number of hydrogen-bond donors (Lipinski definition) is 0. The summed E-state index contributed by atoms with van der Waals surface area (Å²) >= 11 is 3.48. The van der Waals surface area contributed by atoms with Crippen LogP contribution in [0.3, 0.4) is 0 Å². The van der Waals surface area contributed by atoms with Gasteiger partial charge in [0.05, 0.1) is 0 Å². The van der Waals surface area contributed by atoms with Gasteiger partial charge >= 0.3 is 83.7 Å². The van der Waals surface area contributed by atoms with Gasteiger partial charge in [0, 0.05) is 0 Å². The predicted molar refractivity (Wildman–Crippen MR) is 348 cm³/mol. The maximum atomic E-state index is 2.31. The van der Waals surface area contributed by atoms with Crippen molar-refractivity contribution in [3.63, 3.8) is 0 Å². The molecule has 0 aromatic heterocycles. The van der Waals surface area contributed by atoms with E-state index in [1.165, 1.54) is 132 Å². The van der Waals surface area contributed by atoms with Crippen molar-refractivity contribution in [1.82, 2.24) is 0 Å². The van der Waals surface area contributed by atoms with Gasteiger partial charge in [-0.05, 0) is 47.9 Å². The molecule has 0 bridgehead atoms. The predicted octanol–water partition coefficient (Wildman–Crippen LogP) is 14.6. The summed E-state index contributed by atoms with van der Waals surface area (Å²) in [5.74, 6) is 0. The van der Waals surface area contributed by atoms with Crippen molar-refractivity contribution in [1.29, 1.82) is 0 Å². The molecule has 0 fully saturated rings. The van der Waals surface area contributed by atoms with E-state index < -0.39 is 0 Å². The van der Waals surface area contributed by atoms with Crippen LogP contribution in [-0.4, -0.2) is 10.9 Å². The number of hydrogen-bond acceptors (Lipinski definition) is 0. The Morgan fingerprint density at radius 1 is 0.280 bits per heavy atom. The van der Waals surface area contributed by atoms with Crippen molar-refractivity contribution in [3.8, 4) is 0 Å². The van der Waals surface area contributed by atoms with Crippen LogP contribution in [-0.2, 0) is 72.4 Å². The third-order valence-corrected chi connectivity index (χ3v) is 14.3. The van der Waals surface area contributed by atoms with Gasteiger partial charge in [-0.2, -0.15) is 24.3 Å². The summed E-state index contributed by atoms with van der Waals surface area (Å²) in [6.07, 6.45) is 4.06. The molecular formula is C76H80Cl2Si2Zr2-2. The van der Waals surface area contributed by atoms with Crippen LogP contribution in [0.2, 0.25) is 26.2 Å². The fourth-order valence-corrected chi connectivity index (χ4v) is 10.5. The SMILES string of the molecule is C[Si](C)=[Zr+2].C[Si](C)=[Zr+2].Cc1cc2c(Cc3ccccc3)ccc(C)c2[cH-]1.Cc1cc2c(Cc3ccccc3)ccc(C)c2[cH-]1.Cc1cc2c(Cc3ccccc3)ccc(C)c2[cH-]1.Cc1cc2c(Cc3ccccc3)ccc(C)c2[cH-]1.[Cl-].[Cl-]. The quantitative estimate of drug-likeness (QED) is 0.105. The first-order valence-corrected chi connectivity index (χ1v) is 40.6. The van der Waals surface area contributed by atoms with Crippen molar-refractivity contribution < 1.29 is 71.5 Å². The Kier molecular flexibility index (Phi) is 27.7. The number of rotatable bonds is 8. The normalized spacial score (nSPS) is 10.3. The first-order chi connectivity index (χ1) is 38.4. The summed E-state index contributed by atoms with van der Waals surface area (Å²) in [6.45, 7) is 26.7. The molecule has 6 heteroatoms. The molecule has 0 saturated carbocycles. The topological polar surface area (TPSA) is 0 Å². The van der Waals surface area contributed by atoms with E-state index in [-0.39, 0.29) is 35.7 Å². The van der Waals surface area contributed by atoms with Crippen molar-refractivity contribution in [2.45, 2.75) is 107 Å². The zero-order chi connectivity index (χ0) is 57.3. The van der Waals surface area contributed by atoms with E-state index in [0.717, 1.165) is 25.7 Å². The molecule has 12 aromatic carbocycles. The molecule has 0 aliphatic carbocycles. The molecule has 0 saturated heterocycles. The Labute approximate surface area is 534 Å². The van der Waals surface area contributed by atoms with Gasteiger partial charge in [-0.3, -0.25) is 0 Å². The number of halogens is 2. The first kappa shape index (κ1) is 67.8. The Hall–Kier alpha value is -5.02. The fourth-order valence-electron chi connectivity index (χ4n) is 10.5. The average Bonchev–Trinajstić information content (AvgIpc) is 4.26. The number of benzene rings is 8. The Morgan fingerprint density at radius 2 is 0.451 bits per heavy atom. The second kappa shape index (κ2) is 33.5. The van der Waals surface area contributed by atoms with E-state index >= 15 is 0 Å². The van der Waals surface area contributed by atoms with Crippen LogP contribution in [0.25, 0.3) is 43.1 Å². The van der Waals surface area contributed by atoms with E-state index in [1.54, 1.807) is 46.7 Å². The summed E-state index contributed by atoms with van der Waals surface area (Å²) in [7, 11) is 0. The summed E-state index contributed by atoms with van der Waals surface area (Å²) in [5.41, 5.74) is 22.5. The minimum absolute atomic E-state index is 0. The van der Waals surface area contributed by atoms with Crippen molar-refractivity contribution >= 4 is 54.0 Å². The minimum Gasteiger partial charge on any atom is -1.00 e. The molecule has 0 aliphatic rings. The standard InChI is InChI=1S/4C18H17.2C2H6Si.2ClH.2Zr/c4*1-13-10-17-14(2)8-9-16(18(17)11-13)12-15-6-4-3-5-7-15;2*1-3-2;;;;/h4*3-11H,12H2,1-2H3;2*1-2H3;2*1H;;/q4*-1;;;;;2*+2/p-2. The van der Waals surface area contributed by atoms with Gasteiger partial charge in [-0.15, -0.1) is 136 Å². The van der Waals surface area contributed by atoms with Crippen LogP contribution in [0.4, 0.5) is 0 Å². The zero-order valence-corrected chi connectivity index (χ0v) is 58.8. The Morgan fingerprint density at radius 3 is 0.622 bits per heavy atom. The van der Waals surface area contributed by atoms with Crippen LogP contribution in [0.1, 0.15) is 89.0 Å². The fraction of sp³-hybridized carbons (Fsp3) is 0.211. The van der Waals surface area contributed by atoms with Crippen LogP contribution in [0.15, 0.2) is 218 Å². The van der Waals surface area contributed by atoms with Gasteiger partial charge in [0.15, 0.2) is 0 Å². The third kappa shape index (κ3) is 20.1. The molecule has 0 radical (unpaired) electrons. The van der Waals surface area contributed by atoms with Crippen LogP contribution < -0.4 is 24.8 Å². The van der Waals surface area contributed by atoms with Gasteiger partial charge in [0.1, 0.15) is 0 Å². The molecule has 0 N–H and O–H groups in total. The largest absolute Gasteiger partial charge is 1.00 e. The summed E-state index contributed by atoms with van der Waals surface area (Å²) in [4.78, 5) is 0.